The zero-order valence-electron chi connectivity index (χ0n) is 33.4. The molecule has 57 heavy (non-hydrogen) atoms. The number of carbonyl (C=O) groups is 7. The quantitative estimate of drug-likeness (QED) is 0.132. The first-order chi connectivity index (χ1) is 27.4. The zero-order valence-corrected chi connectivity index (χ0v) is 34.2. The van der Waals surface area contributed by atoms with Gasteiger partial charge in [-0.15, -0.1) is 0 Å². The van der Waals surface area contributed by atoms with Crippen molar-refractivity contribution in [2.24, 2.45) is 11.8 Å². The summed E-state index contributed by atoms with van der Waals surface area (Å²) in [5.74, 6) is -3.49. The van der Waals surface area contributed by atoms with Gasteiger partial charge in [0.1, 0.15) is 18.1 Å². The van der Waals surface area contributed by atoms with Gasteiger partial charge in [-0.3, -0.25) is 28.8 Å². The summed E-state index contributed by atoms with van der Waals surface area (Å²) < 4.78 is 5.42. The maximum absolute atomic E-state index is 14.6. The molecule has 310 valence electrons. The summed E-state index contributed by atoms with van der Waals surface area (Å²) in [5.41, 5.74) is 1.63. The van der Waals surface area contributed by atoms with Gasteiger partial charge in [0.25, 0.3) is 5.91 Å². The fraction of sp³-hybridized carbons (Fsp3) is 0.548. The third kappa shape index (κ3) is 13.6. The lowest BCUT2D eigenvalue weighted by Gasteiger charge is -2.34. The number of likely N-dealkylation sites (tertiary alicyclic amines) is 1. The van der Waals surface area contributed by atoms with Crippen molar-refractivity contribution in [1.29, 1.82) is 0 Å². The molecule has 2 aliphatic rings. The van der Waals surface area contributed by atoms with E-state index in [2.05, 4.69) is 26.6 Å². The van der Waals surface area contributed by atoms with Crippen molar-refractivity contribution >= 4 is 53.2 Å². The summed E-state index contributed by atoms with van der Waals surface area (Å²) in [5, 5.41) is 12.9. The molecule has 1 aliphatic carbocycles. The lowest BCUT2D eigenvalue weighted by atomic mass is 9.83. The van der Waals surface area contributed by atoms with Crippen molar-refractivity contribution in [3.05, 3.63) is 71.8 Å². The number of amides is 6. The average Bonchev–Trinajstić information content (AvgIpc) is 3.67. The number of carbonyl (C=O) groups excluding carboxylic acids is 7. The largest absolute Gasteiger partial charge is 0.449 e. The van der Waals surface area contributed by atoms with E-state index in [1.165, 1.54) is 11.9 Å². The Kier molecular flexibility index (Phi) is 17.9. The number of nitrogens with one attached hydrogen (secondary N) is 5. The summed E-state index contributed by atoms with van der Waals surface area (Å²) in [7, 11) is 1.44. The van der Waals surface area contributed by atoms with E-state index >= 15 is 0 Å². The van der Waals surface area contributed by atoms with Crippen LogP contribution in [0, 0.1) is 11.8 Å². The number of hydrogen-bond donors (Lipinski definition) is 5. The van der Waals surface area contributed by atoms with Crippen molar-refractivity contribution in [2.45, 2.75) is 107 Å². The molecule has 1 saturated heterocycles. The van der Waals surface area contributed by atoms with Crippen LogP contribution in [0.3, 0.4) is 0 Å². The number of thioether (sulfide) groups is 1. The fourth-order valence-electron chi connectivity index (χ4n) is 7.17. The molecule has 0 bridgehead atoms. The molecule has 5 atom stereocenters. The Morgan fingerprint density at radius 2 is 1.54 bits per heavy atom. The highest BCUT2D eigenvalue weighted by Gasteiger charge is 2.45. The lowest BCUT2D eigenvalue weighted by Crippen LogP contribution is -2.58. The molecule has 1 heterocycles. The topological polar surface area (TPSA) is 192 Å². The van der Waals surface area contributed by atoms with Crippen LogP contribution < -0.4 is 26.6 Å². The highest BCUT2D eigenvalue weighted by Crippen LogP contribution is 2.33. The Morgan fingerprint density at radius 1 is 0.877 bits per heavy atom. The fourth-order valence-corrected chi connectivity index (χ4v) is 8.38. The van der Waals surface area contributed by atoms with E-state index in [4.69, 9.17) is 4.74 Å². The van der Waals surface area contributed by atoms with Gasteiger partial charge < -0.3 is 36.2 Å². The number of benzene rings is 2. The molecule has 0 spiro atoms. The SMILES string of the molecule is CCCC(NC(=O)C1CC(SCc2ccccc2)CN1C(=O)C(NC(=O)OCC(C)C)C1CCCCC1)C(=O)C(=O)NCC(=O)NC(C(=O)NC)c1ccccc1. The summed E-state index contributed by atoms with van der Waals surface area (Å²) in [6.45, 7) is 5.51. The Balaban J connectivity index is 1.48. The highest BCUT2D eigenvalue weighted by atomic mass is 32.2. The van der Waals surface area contributed by atoms with Crippen LogP contribution in [0.25, 0.3) is 0 Å². The third-order valence-corrected chi connectivity index (χ3v) is 11.5. The van der Waals surface area contributed by atoms with Crippen LogP contribution in [0.5, 0.6) is 0 Å². The molecule has 1 aliphatic heterocycles. The first-order valence-corrected chi connectivity index (χ1v) is 21.0. The normalized spacial score (nSPS) is 18.4. The van der Waals surface area contributed by atoms with Gasteiger partial charge in [-0.05, 0) is 48.6 Å². The Hall–Kier alpha value is -4.92. The van der Waals surface area contributed by atoms with Gasteiger partial charge >= 0.3 is 6.09 Å². The second-order valence-electron chi connectivity index (χ2n) is 15.1. The molecule has 14 nitrogen and oxygen atoms in total. The van der Waals surface area contributed by atoms with E-state index in [0.717, 1.165) is 37.7 Å². The predicted molar refractivity (Wildman–Crippen MR) is 218 cm³/mol. The van der Waals surface area contributed by atoms with Crippen molar-refractivity contribution in [1.82, 2.24) is 31.5 Å². The molecule has 2 aromatic carbocycles. The van der Waals surface area contributed by atoms with Crippen LogP contribution in [0.4, 0.5) is 4.79 Å². The van der Waals surface area contributed by atoms with Crippen molar-refractivity contribution in [3.8, 4) is 0 Å². The van der Waals surface area contributed by atoms with Gasteiger partial charge in [-0.25, -0.2) is 4.79 Å². The van der Waals surface area contributed by atoms with Gasteiger partial charge in [0.15, 0.2) is 0 Å². The zero-order chi connectivity index (χ0) is 41.3. The van der Waals surface area contributed by atoms with Crippen LogP contribution in [-0.4, -0.2) is 96.4 Å². The maximum atomic E-state index is 14.6. The van der Waals surface area contributed by atoms with Crippen LogP contribution in [0.2, 0.25) is 0 Å². The molecule has 5 unspecified atom stereocenters. The van der Waals surface area contributed by atoms with E-state index in [-0.39, 0.29) is 42.6 Å². The first kappa shape index (κ1) is 44.8. The first-order valence-electron chi connectivity index (χ1n) is 20.0. The second kappa shape index (κ2) is 22.7. The Labute approximate surface area is 339 Å². The minimum absolute atomic E-state index is 0.104. The van der Waals surface area contributed by atoms with Gasteiger partial charge in [0.05, 0.1) is 19.2 Å². The molecule has 2 fully saturated rings. The maximum Gasteiger partial charge on any atom is 0.407 e. The smallest absolute Gasteiger partial charge is 0.407 e. The van der Waals surface area contributed by atoms with Crippen LogP contribution >= 0.6 is 11.8 Å². The lowest BCUT2D eigenvalue weighted by molar-refractivity contribution is -0.143. The number of alkyl carbamates (subject to hydrolysis) is 1. The van der Waals surface area contributed by atoms with Crippen LogP contribution in [0.1, 0.15) is 89.3 Å². The van der Waals surface area contributed by atoms with E-state index in [0.29, 0.717) is 24.2 Å². The van der Waals surface area contributed by atoms with E-state index in [1.807, 2.05) is 44.2 Å². The van der Waals surface area contributed by atoms with Gasteiger partial charge in [0, 0.05) is 24.6 Å². The molecule has 5 N–H and O–H groups in total. The monoisotopic (exact) mass is 806 g/mol. The number of rotatable bonds is 19. The number of Topliss-reactive ketones (excluding diaryl/α,β-unsaturated/α-hetero) is 1. The number of ether oxygens (including phenoxy) is 1. The standard InChI is InChI=1S/C42H58N6O8S/c1-5-15-32(37(50)40(53)44-23-34(49)46-35(39(52)43-4)29-18-11-7-12-19-29)45-38(51)33-22-31(57-26-28-16-9-6-10-17-28)24-48(33)41(54)36(30-20-13-8-14-21-30)47-42(55)56-25-27(2)3/h6-7,9-12,16-19,27,30-33,35-36H,5,8,13-15,20-26H2,1-4H3,(H,43,52)(H,44,53)(H,45,51)(H,46,49)(H,47,55). The molecular formula is C42H58N6O8S. The highest BCUT2D eigenvalue weighted by molar-refractivity contribution is 7.99. The van der Waals surface area contributed by atoms with Crippen molar-refractivity contribution in [2.75, 3.05) is 26.7 Å². The number of nitrogens with zero attached hydrogens (tertiary/aromatic N) is 1. The van der Waals surface area contributed by atoms with Crippen LogP contribution in [-0.2, 0) is 39.3 Å². The van der Waals surface area contributed by atoms with E-state index < -0.39 is 66.2 Å². The number of likely N-dealkylation sites (N-methyl/N-ethyl adjacent to an activating group) is 1. The summed E-state index contributed by atoms with van der Waals surface area (Å²) in [6, 6.07) is 14.3. The third-order valence-electron chi connectivity index (χ3n) is 10.2. The Bertz CT molecular complexity index is 1670. The van der Waals surface area contributed by atoms with E-state index in [1.54, 1.807) is 49.0 Å². The van der Waals surface area contributed by atoms with Crippen molar-refractivity contribution < 1.29 is 38.3 Å². The van der Waals surface area contributed by atoms with Gasteiger partial charge in [-0.2, -0.15) is 11.8 Å². The van der Waals surface area contributed by atoms with Gasteiger partial charge in [-0.1, -0.05) is 107 Å². The molecule has 4 rings (SSSR count). The molecular weight excluding hydrogens is 749 g/mol. The summed E-state index contributed by atoms with van der Waals surface area (Å²) in [6.07, 6.45) is 4.58. The summed E-state index contributed by atoms with van der Waals surface area (Å²) in [4.78, 5) is 95.2. The molecule has 1 saturated carbocycles. The summed E-state index contributed by atoms with van der Waals surface area (Å²) >= 11 is 1.63. The van der Waals surface area contributed by atoms with E-state index in [9.17, 15) is 33.6 Å². The number of hydrogen-bond acceptors (Lipinski definition) is 9. The van der Waals surface area contributed by atoms with Crippen LogP contribution in [0.15, 0.2) is 60.7 Å². The molecule has 15 heteroatoms. The number of ketones is 1. The minimum Gasteiger partial charge on any atom is -0.449 e. The average molecular weight is 807 g/mol. The molecule has 0 radical (unpaired) electrons. The second-order valence-corrected chi connectivity index (χ2v) is 16.4. The molecule has 6 amide bonds. The molecule has 2 aromatic rings. The van der Waals surface area contributed by atoms with Crippen molar-refractivity contribution in [3.63, 3.8) is 0 Å². The van der Waals surface area contributed by atoms with Gasteiger partial charge in [0.2, 0.25) is 29.4 Å². The minimum atomic E-state index is -1.22. The Morgan fingerprint density at radius 3 is 2.18 bits per heavy atom. The predicted octanol–water partition coefficient (Wildman–Crippen LogP) is 3.79. The molecule has 0 aromatic heterocycles.